The van der Waals surface area contributed by atoms with Crippen molar-refractivity contribution in [3.63, 3.8) is 0 Å². The molecule has 1 aromatic carbocycles. The van der Waals surface area contributed by atoms with Crippen LogP contribution in [-0.2, 0) is 14.6 Å². The zero-order chi connectivity index (χ0) is 23.4. The number of hydrogen-bond acceptors (Lipinski definition) is 6. The SMILES string of the molecule is CCCN(C(=O)CSc1nnc(-c2ccccc2F)n1C1CCCCC1)[C@@H]1CCS(=O)(=O)C1. The summed E-state index contributed by atoms with van der Waals surface area (Å²) in [4.78, 5) is 14.8. The lowest BCUT2D eigenvalue weighted by molar-refractivity contribution is -0.130. The minimum absolute atomic E-state index is 0.0408. The fourth-order valence-corrected chi connectivity index (χ4v) is 7.47. The van der Waals surface area contributed by atoms with Gasteiger partial charge in [0.25, 0.3) is 0 Å². The molecule has 2 heterocycles. The predicted octanol–water partition coefficient (Wildman–Crippen LogP) is 4.11. The molecule has 1 aliphatic heterocycles. The lowest BCUT2D eigenvalue weighted by Gasteiger charge is -2.28. The van der Waals surface area contributed by atoms with Crippen molar-refractivity contribution in [2.45, 2.75) is 69.1 Å². The molecule has 33 heavy (non-hydrogen) atoms. The lowest BCUT2D eigenvalue weighted by atomic mass is 9.95. The van der Waals surface area contributed by atoms with Gasteiger partial charge in [-0.2, -0.15) is 0 Å². The second kappa shape index (κ2) is 10.5. The molecule has 2 fully saturated rings. The molecule has 1 aromatic heterocycles. The molecule has 180 valence electrons. The van der Waals surface area contributed by atoms with Gasteiger partial charge in [0.2, 0.25) is 5.91 Å². The molecule has 4 rings (SSSR count). The first-order valence-corrected chi connectivity index (χ1v) is 14.5. The molecule has 2 aromatic rings. The van der Waals surface area contributed by atoms with Crippen LogP contribution in [0.25, 0.3) is 11.4 Å². The van der Waals surface area contributed by atoms with Crippen LogP contribution in [0.4, 0.5) is 4.39 Å². The topological polar surface area (TPSA) is 85.2 Å². The van der Waals surface area contributed by atoms with E-state index in [9.17, 15) is 17.6 Å². The second-order valence-electron chi connectivity index (χ2n) is 8.88. The molecule has 1 saturated heterocycles. The fraction of sp³-hybridized carbons (Fsp3) is 0.609. The van der Waals surface area contributed by atoms with Gasteiger partial charge in [-0.3, -0.25) is 9.36 Å². The molecular weight excluding hydrogens is 463 g/mol. The molecule has 0 radical (unpaired) electrons. The van der Waals surface area contributed by atoms with Crippen LogP contribution >= 0.6 is 11.8 Å². The number of aromatic nitrogens is 3. The summed E-state index contributed by atoms with van der Waals surface area (Å²) >= 11 is 1.31. The van der Waals surface area contributed by atoms with Gasteiger partial charge >= 0.3 is 0 Å². The fourth-order valence-electron chi connectivity index (χ4n) is 4.85. The van der Waals surface area contributed by atoms with Crippen LogP contribution in [-0.4, -0.2) is 63.8 Å². The Morgan fingerprint density at radius 2 is 1.94 bits per heavy atom. The number of carbonyl (C=O) groups excluding carboxylic acids is 1. The summed E-state index contributed by atoms with van der Waals surface area (Å²) in [6.07, 6.45) is 6.60. The van der Waals surface area contributed by atoms with Gasteiger partial charge < -0.3 is 4.90 Å². The second-order valence-corrected chi connectivity index (χ2v) is 12.1. The Balaban J connectivity index is 1.56. The van der Waals surface area contributed by atoms with E-state index >= 15 is 0 Å². The highest BCUT2D eigenvalue weighted by atomic mass is 32.2. The van der Waals surface area contributed by atoms with Crippen molar-refractivity contribution in [2.24, 2.45) is 0 Å². The molecule has 1 atom stereocenters. The molecule has 2 aliphatic rings. The van der Waals surface area contributed by atoms with E-state index in [4.69, 9.17) is 0 Å². The molecule has 7 nitrogen and oxygen atoms in total. The van der Waals surface area contributed by atoms with Crippen molar-refractivity contribution in [2.75, 3.05) is 23.8 Å². The lowest BCUT2D eigenvalue weighted by Crippen LogP contribution is -2.42. The number of sulfone groups is 1. The first-order valence-electron chi connectivity index (χ1n) is 11.7. The third-order valence-electron chi connectivity index (χ3n) is 6.48. The minimum Gasteiger partial charge on any atom is -0.338 e. The number of amides is 1. The van der Waals surface area contributed by atoms with Gasteiger partial charge in [0, 0.05) is 18.6 Å². The number of rotatable bonds is 8. The highest BCUT2D eigenvalue weighted by Crippen LogP contribution is 2.36. The van der Waals surface area contributed by atoms with Gasteiger partial charge in [0.05, 0.1) is 22.8 Å². The Morgan fingerprint density at radius 1 is 1.18 bits per heavy atom. The number of benzene rings is 1. The molecule has 10 heteroatoms. The maximum Gasteiger partial charge on any atom is 0.233 e. The number of thioether (sulfide) groups is 1. The van der Waals surface area contributed by atoms with E-state index in [0.717, 1.165) is 32.1 Å². The number of halogens is 1. The van der Waals surface area contributed by atoms with E-state index in [1.807, 2.05) is 11.5 Å². The third-order valence-corrected chi connectivity index (χ3v) is 9.16. The first-order chi connectivity index (χ1) is 15.9. The molecule has 1 aliphatic carbocycles. The van der Waals surface area contributed by atoms with Crippen LogP contribution in [0, 0.1) is 5.82 Å². The Bertz CT molecular complexity index is 1080. The van der Waals surface area contributed by atoms with Crippen molar-refractivity contribution in [3.8, 4) is 11.4 Å². The Morgan fingerprint density at radius 3 is 2.61 bits per heavy atom. The molecule has 1 amide bonds. The summed E-state index contributed by atoms with van der Waals surface area (Å²) in [6.45, 7) is 2.52. The molecule has 0 unspecified atom stereocenters. The average Bonchev–Trinajstić information content (AvgIpc) is 3.39. The summed E-state index contributed by atoms with van der Waals surface area (Å²) < 4.78 is 40.5. The van der Waals surface area contributed by atoms with E-state index in [1.54, 1.807) is 23.1 Å². The van der Waals surface area contributed by atoms with Gasteiger partial charge in [0.15, 0.2) is 20.8 Å². The van der Waals surface area contributed by atoms with E-state index in [1.165, 1.54) is 24.2 Å². The zero-order valence-electron chi connectivity index (χ0n) is 19.0. The Labute approximate surface area is 199 Å². The summed E-state index contributed by atoms with van der Waals surface area (Å²) in [6, 6.07) is 6.49. The monoisotopic (exact) mass is 494 g/mol. The van der Waals surface area contributed by atoms with Gasteiger partial charge in [-0.25, -0.2) is 12.8 Å². The minimum atomic E-state index is -3.07. The summed E-state index contributed by atoms with van der Waals surface area (Å²) in [5.41, 5.74) is 0.414. The van der Waals surface area contributed by atoms with Crippen LogP contribution in [0.5, 0.6) is 0 Å². The van der Waals surface area contributed by atoms with Gasteiger partial charge in [0.1, 0.15) is 5.82 Å². The van der Waals surface area contributed by atoms with Crippen LogP contribution in [0.15, 0.2) is 29.4 Å². The largest absolute Gasteiger partial charge is 0.338 e. The maximum atomic E-state index is 14.6. The van der Waals surface area contributed by atoms with Crippen LogP contribution in [0.3, 0.4) is 0 Å². The number of carbonyl (C=O) groups is 1. The predicted molar refractivity (Wildman–Crippen MR) is 127 cm³/mol. The number of nitrogens with zero attached hydrogens (tertiary/aromatic N) is 4. The van der Waals surface area contributed by atoms with Gasteiger partial charge in [-0.1, -0.05) is 50.1 Å². The van der Waals surface area contributed by atoms with E-state index in [2.05, 4.69) is 10.2 Å². The highest BCUT2D eigenvalue weighted by molar-refractivity contribution is 7.99. The highest BCUT2D eigenvalue weighted by Gasteiger charge is 2.34. The quantitative estimate of drug-likeness (QED) is 0.514. The standard InChI is InChI=1S/C23H31FN4O3S2/c1-2-13-27(18-12-14-33(30,31)16-18)21(29)15-32-23-26-25-22(19-10-6-7-11-20(19)24)28(23)17-8-4-3-5-9-17/h6-7,10-11,17-18H,2-5,8-9,12-16H2,1H3/t18-/m1/s1. The number of hydrogen-bond donors (Lipinski definition) is 0. The van der Waals surface area contributed by atoms with Crippen LogP contribution in [0.2, 0.25) is 0 Å². The third kappa shape index (κ3) is 5.59. The van der Waals surface area contributed by atoms with E-state index in [-0.39, 0.29) is 41.1 Å². The smallest absolute Gasteiger partial charge is 0.233 e. The van der Waals surface area contributed by atoms with Gasteiger partial charge in [-0.05, 0) is 37.8 Å². The Hall–Kier alpha value is -1.94. The summed E-state index contributed by atoms with van der Waals surface area (Å²) in [7, 11) is -3.07. The Kier molecular flexibility index (Phi) is 7.73. The molecule has 0 N–H and O–H groups in total. The van der Waals surface area contributed by atoms with Crippen LogP contribution < -0.4 is 0 Å². The van der Waals surface area contributed by atoms with Gasteiger partial charge in [-0.15, -0.1) is 10.2 Å². The first kappa shape index (κ1) is 24.2. The zero-order valence-corrected chi connectivity index (χ0v) is 20.6. The molecule has 1 saturated carbocycles. The van der Waals surface area contributed by atoms with Crippen molar-refractivity contribution in [1.82, 2.24) is 19.7 Å². The molecular formula is C23H31FN4O3S2. The van der Waals surface area contributed by atoms with Crippen LogP contribution in [0.1, 0.15) is 57.9 Å². The van der Waals surface area contributed by atoms with Crippen molar-refractivity contribution in [1.29, 1.82) is 0 Å². The maximum absolute atomic E-state index is 14.6. The summed E-state index contributed by atoms with van der Waals surface area (Å²) in [5.74, 6) is 0.404. The molecule has 0 bridgehead atoms. The van der Waals surface area contributed by atoms with Crippen molar-refractivity contribution >= 4 is 27.5 Å². The summed E-state index contributed by atoms with van der Waals surface area (Å²) in [5, 5.41) is 9.29. The average molecular weight is 495 g/mol. The van der Waals surface area contributed by atoms with E-state index < -0.39 is 9.84 Å². The van der Waals surface area contributed by atoms with Crippen molar-refractivity contribution < 1.29 is 17.6 Å². The molecule has 0 spiro atoms. The normalized spacial score (nSPS) is 20.7. The van der Waals surface area contributed by atoms with E-state index in [0.29, 0.717) is 29.5 Å². The van der Waals surface area contributed by atoms with Crippen molar-refractivity contribution in [3.05, 3.63) is 30.1 Å².